The summed E-state index contributed by atoms with van der Waals surface area (Å²) in [5.74, 6) is -0.910. The van der Waals surface area contributed by atoms with Gasteiger partial charge in [-0.1, -0.05) is 30.3 Å². The van der Waals surface area contributed by atoms with Crippen LogP contribution in [0.1, 0.15) is 26.3 Å². The highest BCUT2D eigenvalue weighted by atomic mass is 16.5. The number of aromatic carboxylic acids is 1. The summed E-state index contributed by atoms with van der Waals surface area (Å²) < 4.78 is 7.66. The fourth-order valence-electron chi connectivity index (χ4n) is 3.77. The molecule has 0 fully saturated rings. The van der Waals surface area contributed by atoms with Gasteiger partial charge in [0, 0.05) is 30.4 Å². The number of hydrogen-bond acceptors (Lipinski definition) is 4. The maximum absolute atomic E-state index is 12.9. The van der Waals surface area contributed by atoms with Crippen LogP contribution in [0.25, 0.3) is 28.2 Å². The van der Waals surface area contributed by atoms with Crippen LogP contribution in [0, 0.1) is 0 Å². The number of hydrogen-bond donors (Lipinski definition) is 1. The molecule has 6 heteroatoms. The van der Waals surface area contributed by atoms with Crippen molar-refractivity contribution in [3.8, 4) is 16.9 Å². The first-order valence-electron chi connectivity index (χ1n) is 9.34. The molecular formula is C24H16N2O4. The van der Waals surface area contributed by atoms with E-state index in [0.717, 1.165) is 27.7 Å². The lowest BCUT2D eigenvalue weighted by molar-refractivity contribution is 0.0697. The number of aryl methyl sites for hydroxylation is 1. The van der Waals surface area contributed by atoms with Gasteiger partial charge in [0.15, 0.2) is 5.76 Å². The number of carbonyl (C=O) groups excluding carboxylic acids is 1. The van der Waals surface area contributed by atoms with E-state index < -0.39 is 5.97 Å². The van der Waals surface area contributed by atoms with Crippen LogP contribution < -0.4 is 4.74 Å². The Morgan fingerprint density at radius 3 is 2.67 bits per heavy atom. The molecule has 0 saturated carbocycles. The summed E-state index contributed by atoms with van der Waals surface area (Å²) in [5.41, 5.74) is 3.94. The highest BCUT2D eigenvalue weighted by Gasteiger charge is 2.29. The van der Waals surface area contributed by atoms with E-state index >= 15 is 0 Å². The first-order chi connectivity index (χ1) is 14.5. The standard InChI is InChI=1S/C24H16N2O4/c1-26-13-16(21-17(9-10-25-23(21)26)14-5-3-2-4-6-14)12-20-22(27)18-11-15(24(28)29)7-8-19(18)30-20/h2-13H,1H3,(H,28,29)/b20-12-. The number of fused-ring (bicyclic) bond motifs is 2. The minimum absolute atomic E-state index is 0.0488. The Bertz CT molecular complexity index is 1370. The lowest BCUT2D eigenvalue weighted by Gasteiger charge is -2.05. The number of aromatic nitrogens is 2. The third-order valence-corrected chi connectivity index (χ3v) is 5.17. The van der Waals surface area contributed by atoms with Gasteiger partial charge < -0.3 is 14.4 Å². The Morgan fingerprint density at radius 2 is 1.90 bits per heavy atom. The highest BCUT2D eigenvalue weighted by molar-refractivity contribution is 6.16. The van der Waals surface area contributed by atoms with Crippen LogP contribution >= 0.6 is 0 Å². The number of nitrogens with zero attached hydrogens (tertiary/aromatic N) is 2. The molecule has 0 amide bonds. The molecule has 2 aromatic carbocycles. The summed E-state index contributed by atoms with van der Waals surface area (Å²) >= 11 is 0. The second kappa shape index (κ2) is 6.70. The molecule has 0 radical (unpaired) electrons. The number of allylic oxidation sites excluding steroid dienone is 1. The number of carbonyl (C=O) groups is 2. The van der Waals surface area contributed by atoms with E-state index in [1.807, 2.05) is 54.2 Å². The lowest BCUT2D eigenvalue weighted by Crippen LogP contribution is -2.00. The van der Waals surface area contributed by atoms with Crippen molar-refractivity contribution in [3.05, 3.63) is 89.4 Å². The second-order valence-corrected chi connectivity index (χ2v) is 7.07. The SMILES string of the molecule is Cn1cc(/C=C2\Oc3ccc(C(=O)O)cc3C2=O)c2c(-c3ccccc3)ccnc21. The van der Waals surface area contributed by atoms with Crippen LogP contribution in [0.4, 0.5) is 0 Å². The smallest absolute Gasteiger partial charge is 0.335 e. The van der Waals surface area contributed by atoms with Crippen LogP contribution in [-0.4, -0.2) is 26.4 Å². The van der Waals surface area contributed by atoms with Gasteiger partial charge in [-0.3, -0.25) is 4.79 Å². The molecule has 0 spiro atoms. The number of Topliss-reactive ketones (excluding diaryl/α,β-unsaturated/α-hetero) is 1. The van der Waals surface area contributed by atoms with Crippen molar-refractivity contribution in [2.24, 2.45) is 7.05 Å². The Labute approximate surface area is 171 Å². The molecular weight excluding hydrogens is 380 g/mol. The highest BCUT2D eigenvalue weighted by Crippen LogP contribution is 2.36. The predicted molar refractivity (Wildman–Crippen MR) is 112 cm³/mol. The molecule has 0 unspecified atom stereocenters. The Kier molecular flexibility index (Phi) is 3.99. The second-order valence-electron chi connectivity index (χ2n) is 7.07. The van der Waals surface area contributed by atoms with Gasteiger partial charge in [-0.15, -0.1) is 0 Å². The number of pyridine rings is 1. The summed E-state index contributed by atoms with van der Waals surface area (Å²) in [6, 6.07) is 16.2. The lowest BCUT2D eigenvalue weighted by atomic mass is 10.0. The molecule has 1 aliphatic rings. The fraction of sp³-hybridized carbons (Fsp3) is 0.0417. The minimum atomic E-state index is -1.09. The van der Waals surface area contributed by atoms with Crippen LogP contribution in [0.2, 0.25) is 0 Å². The number of ketones is 1. The summed E-state index contributed by atoms with van der Waals surface area (Å²) in [6.45, 7) is 0. The van der Waals surface area contributed by atoms with E-state index in [-0.39, 0.29) is 22.7 Å². The predicted octanol–water partition coefficient (Wildman–Crippen LogP) is 4.55. The zero-order valence-corrected chi connectivity index (χ0v) is 16.0. The quantitative estimate of drug-likeness (QED) is 0.514. The Balaban J connectivity index is 1.65. The molecule has 30 heavy (non-hydrogen) atoms. The summed E-state index contributed by atoms with van der Waals surface area (Å²) in [4.78, 5) is 28.6. The summed E-state index contributed by atoms with van der Waals surface area (Å²) in [6.07, 6.45) is 5.36. The van der Waals surface area contributed by atoms with Crippen LogP contribution in [0.5, 0.6) is 5.75 Å². The van der Waals surface area contributed by atoms with E-state index in [0.29, 0.717) is 5.75 Å². The molecule has 2 aromatic heterocycles. The van der Waals surface area contributed by atoms with Gasteiger partial charge in [-0.25, -0.2) is 9.78 Å². The number of ether oxygens (including phenoxy) is 1. The van der Waals surface area contributed by atoms with Gasteiger partial charge in [0.05, 0.1) is 11.1 Å². The van der Waals surface area contributed by atoms with Crippen molar-refractivity contribution in [1.29, 1.82) is 0 Å². The van der Waals surface area contributed by atoms with Crippen LogP contribution in [0.3, 0.4) is 0 Å². The van der Waals surface area contributed by atoms with Crippen molar-refractivity contribution < 1.29 is 19.4 Å². The monoisotopic (exact) mass is 396 g/mol. The minimum Gasteiger partial charge on any atom is -0.478 e. The van der Waals surface area contributed by atoms with E-state index in [4.69, 9.17) is 4.74 Å². The zero-order chi connectivity index (χ0) is 20.8. The number of carboxylic acids is 1. The third-order valence-electron chi connectivity index (χ3n) is 5.17. The van der Waals surface area contributed by atoms with Crippen LogP contribution in [0.15, 0.2) is 72.8 Å². The van der Waals surface area contributed by atoms with Gasteiger partial charge in [-0.05, 0) is 41.5 Å². The van der Waals surface area contributed by atoms with Gasteiger partial charge in [0.25, 0.3) is 0 Å². The topological polar surface area (TPSA) is 81.4 Å². The maximum atomic E-state index is 12.9. The first kappa shape index (κ1) is 17.9. The van der Waals surface area contributed by atoms with E-state index in [1.165, 1.54) is 18.2 Å². The molecule has 1 aliphatic heterocycles. The summed E-state index contributed by atoms with van der Waals surface area (Å²) in [7, 11) is 1.90. The van der Waals surface area contributed by atoms with Crippen molar-refractivity contribution in [3.63, 3.8) is 0 Å². The van der Waals surface area contributed by atoms with Gasteiger partial charge >= 0.3 is 5.97 Å². The van der Waals surface area contributed by atoms with Crippen molar-refractivity contribution in [1.82, 2.24) is 9.55 Å². The molecule has 0 aliphatic carbocycles. The van der Waals surface area contributed by atoms with E-state index in [9.17, 15) is 14.7 Å². The molecule has 6 nitrogen and oxygen atoms in total. The maximum Gasteiger partial charge on any atom is 0.335 e. The van der Waals surface area contributed by atoms with E-state index in [2.05, 4.69) is 4.98 Å². The average molecular weight is 396 g/mol. The zero-order valence-electron chi connectivity index (χ0n) is 16.0. The normalized spacial score (nSPS) is 14.2. The van der Waals surface area contributed by atoms with Crippen molar-refractivity contribution in [2.45, 2.75) is 0 Å². The molecule has 1 N–H and O–H groups in total. The Morgan fingerprint density at radius 1 is 1.10 bits per heavy atom. The van der Waals surface area contributed by atoms with Gasteiger partial charge in [-0.2, -0.15) is 0 Å². The average Bonchev–Trinajstić information content (AvgIpc) is 3.25. The van der Waals surface area contributed by atoms with Crippen molar-refractivity contribution in [2.75, 3.05) is 0 Å². The van der Waals surface area contributed by atoms with Gasteiger partial charge in [0.2, 0.25) is 5.78 Å². The number of carboxylic acid groups (broad SMARTS) is 1. The summed E-state index contributed by atoms with van der Waals surface area (Å²) in [5, 5.41) is 10.1. The molecule has 0 atom stereocenters. The number of rotatable bonds is 3. The molecule has 0 saturated heterocycles. The van der Waals surface area contributed by atoms with E-state index in [1.54, 1.807) is 12.3 Å². The fourth-order valence-corrected chi connectivity index (χ4v) is 3.77. The first-order valence-corrected chi connectivity index (χ1v) is 9.34. The molecule has 0 bridgehead atoms. The van der Waals surface area contributed by atoms with Crippen molar-refractivity contribution >= 4 is 28.9 Å². The molecule has 3 heterocycles. The molecule has 4 aromatic rings. The Hall–Kier alpha value is -4.19. The third kappa shape index (κ3) is 2.78. The molecule has 146 valence electrons. The largest absolute Gasteiger partial charge is 0.478 e. The van der Waals surface area contributed by atoms with Gasteiger partial charge in [0.1, 0.15) is 11.4 Å². The molecule has 5 rings (SSSR count). The van der Waals surface area contributed by atoms with Crippen LogP contribution in [-0.2, 0) is 7.05 Å². The number of benzene rings is 2.